The second-order valence-corrected chi connectivity index (χ2v) is 6.58. The van der Waals surface area contributed by atoms with E-state index in [1.54, 1.807) is 15.9 Å². The molecule has 0 radical (unpaired) electrons. The molecule has 0 spiro atoms. The predicted molar refractivity (Wildman–Crippen MR) is 93.6 cm³/mol. The SMILES string of the molecule is O=C(O)C1CCN(C(=O)Nc2cccc(N3CCCCC3=O)c2)CC1. The summed E-state index contributed by atoms with van der Waals surface area (Å²) in [6.45, 7) is 1.58. The topological polar surface area (TPSA) is 89.9 Å². The number of hydrogen-bond donors (Lipinski definition) is 2. The van der Waals surface area contributed by atoms with Gasteiger partial charge in [0.05, 0.1) is 5.92 Å². The summed E-state index contributed by atoms with van der Waals surface area (Å²) >= 11 is 0. The Morgan fingerprint density at radius 1 is 1.12 bits per heavy atom. The van der Waals surface area contributed by atoms with Crippen LogP contribution in [-0.2, 0) is 9.59 Å². The first-order valence-electron chi connectivity index (χ1n) is 8.74. The Hall–Kier alpha value is -2.57. The second-order valence-electron chi connectivity index (χ2n) is 6.58. The van der Waals surface area contributed by atoms with Crippen LogP contribution in [0.4, 0.5) is 16.2 Å². The lowest BCUT2D eigenvalue weighted by Gasteiger charge is -2.30. The average molecular weight is 345 g/mol. The highest BCUT2D eigenvalue weighted by atomic mass is 16.4. The van der Waals surface area contributed by atoms with E-state index in [9.17, 15) is 14.4 Å². The van der Waals surface area contributed by atoms with E-state index in [0.717, 1.165) is 18.5 Å². The molecule has 0 aliphatic carbocycles. The highest BCUT2D eigenvalue weighted by molar-refractivity contribution is 5.95. The van der Waals surface area contributed by atoms with Crippen LogP contribution >= 0.6 is 0 Å². The molecule has 1 aromatic rings. The van der Waals surface area contributed by atoms with E-state index >= 15 is 0 Å². The highest BCUT2D eigenvalue weighted by Crippen LogP contribution is 2.24. The minimum Gasteiger partial charge on any atom is -0.481 e. The Morgan fingerprint density at radius 2 is 1.88 bits per heavy atom. The van der Waals surface area contributed by atoms with Gasteiger partial charge in [-0.2, -0.15) is 0 Å². The number of likely N-dealkylation sites (tertiary alicyclic amines) is 1. The monoisotopic (exact) mass is 345 g/mol. The highest BCUT2D eigenvalue weighted by Gasteiger charge is 2.27. The molecule has 3 amide bonds. The molecule has 2 saturated heterocycles. The molecule has 7 heteroatoms. The first-order chi connectivity index (χ1) is 12.0. The third-order valence-electron chi connectivity index (χ3n) is 4.86. The lowest BCUT2D eigenvalue weighted by molar-refractivity contribution is -0.143. The Morgan fingerprint density at radius 3 is 2.56 bits per heavy atom. The number of nitrogens with zero attached hydrogens (tertiary/aromatic N) is 2. The third-order valence-corrected chi connectivity index (χ3v) is 4.86. The minimum atomic E-state index is -0.793. The maximum absolute atomic E-state index is 12.4. The fraction of sp³-hybridized carbons (Fsp3) is 0.500. The van der Waals surface area contributed by atoms with Crippen molar-refractivity contribution in [3.8, 4) is 0 Å². The van der Waals surface area contributed by atoms with Crippen LogP contribution in [0.1, 0.15) is 32.1 Å². The molecule has 7 nitrogen and oxygen atoms in total. The zero-order chi connectivity index (χ0) is 17.8. The zero-order valence-corrected chi connectivity index (χ0v) is 14.1. The summed E-state index contributed by atoms with van der Waals surface area (Å²) in [5.41, 5.74) is 1.44. The standard InChI is InChI=1S/C18H23N3O4/c22-16-6-1-2-9-21(16)15-5-3-4-14(12-15)19-18(25)20-10-7-13(8-11-20)17(23)24/h3-5,12-13H,1-2,6-11H2,(H,19,25)(H,23,24). The van der Waals surface area contributed by atoms with Crippen LogP contribution in [0.3, 0.4) is 0 Å². The molecule has 0 bridgehead atoms. The lowest BCUT2D eigenvalue weighted by Crippen LogP contribution is -2.42. The van der Waals surface area contributed by atoms with Gasteiger partial charge in [0.2, 0.25) is 5.91 Å². The fourth-order valence-corrected chi connectivity index (χ4v) is 3.36. The molecule has 1 aromatic carbocycles. The number of hydrogen-bond acceptors (Lipinski definition) is 3. The fourth-order valence-electron chi connectivity index (χ4n) is 3.36. The molecule has 0 atom stereocenters. The van der Waals surface area contributed by atoms with Gasteiger partial charge in [-0.3, -0.25) is 9.59 Å². The molecule has 2 heterocycles. The number of carbonyl (C=O) groups excluding carboxylic acids is 2. The predicted octanol–water partition coefficient (Wildman–Crippen LogP) is 2.53. The number of piperidine rings is 2. The van der Waals surface area contributed by atoms with E-state index in [1.165, 1.54) is 0 Å². The molecule has 0 saturated carbocycles. The summed E-state index contributed by atoms with van der Waals surface area (Å²) < 4.78 is 0. The second kappa shape index (κ2) is 7.55. The molecule has 2 N–H and O–H groups in total. The van der Waals surface area contributed by atoms with Gasteiger partial charge in [0.15, 0.2) is 0 Å². The molecule has 2 aliphatic rings. The normalized spacial score (nSPS) is 19.0. The first kappa shape index (κ1) is 17.3. The van der Waals surface area contributed by atoms with E-state index in [-0.39, 0.29) is 17.9 Å². The van der Waals surface area contributed by atoms with E-state index in [2.05, 4.69) is 5.32 Å². The van der Waals surface area contributed by atoms with Crippen molar-refractivity contribution in [2.45, 2.75) is 32.1 Å². The Bertz CT molecular complexity index is 668. The van der Waals surface area contributed by atoms with Crippen molar-refractivity contribution >= 4 is 29.3 Å². The van der Waals surface area contributed by atoms with Gasteiger partial charge >= 0.3 is 12.0 Å². The Balaban J connectivity index is 1.61. The summed E-state index contributed by atoms with van der Waals surface area (Å²) in [7, 11) is 0. The summed E-state index contributed by atoms with van der Waals surface area (Å²) in [6, 6.07) is 7.07. The molecular formula is C18H23N3O4. The summed E-state index contributed by atoms with van der Waals surface area (Å²) in [5.74, 6) is -1.04. The van der Waals surface area contributed by atoms with Crippen LogP contribution in [0.2, 0.25) is 0 Å². The lowest BCUT2D eigenvalue weighted by atomic mass is 9.97. The minimum absolute atomic E-state index is 0.116. The smallest absolute Gasteiger partial charge is 0.321 e. The average Bonchev–Trinajstić information content (AvgIpc) is 2.62. The number of carbonyl (C=O) groups is 3. The molecule has 2 fully saturated rings. The van der Waals surface area contributed by atoms with E-state index in [1.807, 2.05) is 18.2 Å². The number of amides is 3. The van der Waals surface area contributed by atoms with E-state index in [4.69, 9.17) is 5.11 Å². The van der Waals surface area contributed by atoms with Crippen molar-refractivity contribution in [3.63, 3.8) is 0 Å². The first-order valence-corrected chi connectivity index (χ1v) is 8.74. The largest absolute Gasteiger partial charge is 0.481 e. The molecule has 3 rings (SSSR count). The van der Waals surface area contributed by atoms with Crippen LogP contribution in [0.15, 0.2) is 24.3 Å². The van der Waals surface area contributed by atoms with Gasteiger partial charge in [-0.05, 0) is 43.9 Å². The van der Waals surface area contributed by atoms with Crippen LogP contribution in [0, 0.1) is 5.92 Å². The maximum Gasteiger partial charge on any atom is 0.321 e. The van der Waals surface area contributed by atoms with Crippen molar-refractivity contribution in [2.75, 3.05) is 29.9 Å². The van der Waals surface area contributed by atoms with Gasteiger partial charge in [-0.25, -0.2) is 4.79 Å². The van der Waals surface area contributed by atoms with Crippen LogP contribution in [-0.4, -0.2) is 47.5 Å². The van der Waals surface area contributed by atoms with Gasteiger partial charge < -0.3 is 20.2 Å². The number of nitrogens with one attached hydrogen (secondary N) is 1. The quantitative estimate of drug-likeness (QED) is 0.881. The number of rotatable bonds is 3. The van der Waals surface area contributed by atoms with E-state index < -0.39 is 5.97 Å². The van der Waals surface area contributed by atoms with Crippen LogP contribution in [0.25, 0.3) is 0 Å². The molecule has 134 valence electrons. The van der Waals surface area contributed by atoms with Crippen LogP contribution < -0.4 is 10.2 Å². The zero-order valence-electron chi connectivity index (χ0n) is 14.1. The van der Waals surface area contributed by atoms with Crippen molar-refractivity contribution in [1.82, 2.24) is 4.90 Å². The van der Waals surface area contributed by atoms with Gasteiger partial charge in [0.1, 0.15) is 0 Å². The molecule has 0 unspecified atom stereocenters. The van der Waals surface area contributed by atoms with Gasteiger partial charge in [-0.1, -0.05) is 6.07 Å². The number of benzene rings is 1. The van der Waals surface area contributed by atoms with Crippen molar-refractivity contribution in [2.24, 2.45) is 5.92 Å². The number of anilines is 2. The van der Waals surface area contributed by atoms with Gasteiger partial charge in [0, 0.05) is 37.4 Å². The number of carboxylic acid groups (broad SMARTS) is 1. The Kier molecular flexibility index (Phi) is 5.21. The summed E-state index contributed by atoms with van der Waals surface area (Å²) in [6.07, 6.45) is 3.43. The molecule has 25 heavy (non-hydrogen) atoms. The van der Waals surface area contributed by atoms with E-state index in [0.29, 0.717) is 44.6 Å². The third kappa shape index (κ3) is 4.10. The van der Waals surface area contributed by atoms with Crippen molar-refractivity contribution in [1.29, 1.82) is 0 Å². The molecule has 0 aromatic heterocycles. The van der Waals surface area contributed by atoms with Gasteiger partial charge in [-0.15, -0.1) is 0 Å². The number of carboxylic acids is 1. The molecular weight excluding hydrogens is 322 g/mol. The Labute approximate surface area is 146 Å². The van der Waals surface area contributed by atoms with Crippen molar-refractivity contribution < 1.29 is 19.5 Å². The van der Waals surface area contributed by atoms with Crippen molar-refractivity contribution in [3.05, 3.63) is 24.3 Å². The van der Waals surface area contributed by atoms with Gasteiger partial charge in [0.25, 0.3) is 0 Å². The number of urea groups is 1. The molecule has 2 aliphatic heterocycles. The summed E-state index contributed by atoms with van der Waals surface area (Å²) in [4.78, 5) is 38.8. The summed E-state index contributed by atoms with van der Waals surface area (Å²) in [5, 5.41) is 11.9. The van der Waals surface area contributed by atoms with Crippen LogP contribution in [0.5, 0.6) is 0 Å². The number of aliphatic carboxylic acids is 1. The maximum atomic E-state index is 12.4.